The first-order valence-electron chi connectivity index (χ1n) is 4.45. The van der Waals surface area contributed by atoms with Gasteiger partial charge in [0.25, 0.3) is 40.5 Å². The average Bonchev–Trinajstić information content (AvgIpc) is 1.83. The van der Waals surface area contributed by atoms with Gasteiger partial charge < -0.3 is 0 Å². The van der Waals surface area contributed by atoms with Gasteiger partial charge in [-0.05, 0) is 0 Å². The topological polar surface area (TPSA) is 173 Å². The SMILES string of the molecule is CS(=O)(=O)OC(OS(C)(=O)=O)(OS(C)(=O)=O)OS(C)(=O)=O. The maximum absolute atomic E-state index is 11.1. The first-order chi connectivity index (χ1) is 8.83. The van der Waals surface area contributed by atoms with E-state index >= 15 is 0 Å². The standard InChI is InChI=1S/C5H12O12S4/c1-18(6,7)14-5(15-19(2,8)9,16-20(3,10)11)17-21(4,12)13/h1-4H3. The Hall–Kier alpha value is -0.360. The van der Waals surface area contributed by atoms with Crippen LogP contribution in [0.3, 0.4) is 0 Å². The van der Waals surface area contributed by atoms with E-state index in [9.17, 15) is 33.7 Å². The van der Waals surface area contributed by atoms with Crippen molar-refractivity contribution in [3.05, 3.63) is 0 Å². The molecule has 0 aliphatic rings. The molecule has 12 nitrogen and oxygen atoms in total. The molecule has 0 atom stereocenters. The van der Waals surface area contributed by atoms with Gasteiger partial charge in [0, 0.05) is 0 Å². The quantitative estimate of drug-likeness (QED) is 0.314. The van der Waals surface area contributed by atoms with Crippen molar-refractivity contribution in [1.82, 2.24) is 0 Å². The third-order valence-electron chi connectivity index (χ3n) is 1.01. The molecule has 0 unspecified atom stereocenters. The fourth-order valence-corrected chi connectivity index (χ4v) is 2.97. The maximum atomic E-state index is 11.1. The molecule has 0 aromatic carbocycles. The summed E-state index contributed by atoms with van der Waals surface area (Å²) in [5, 5.41) is 0. The Morgan fingerprint density at radius 2 is 0.619 bits per heavy atom. The van der Waals surface area contributed by atoms with Gasteiger partial charge >= 0.3 is 6.16 Å². The fourth-order valence-electron chi connectivity index (χ4n) is 0.825. The minimum absolute atomic E-state index is 0.338. The largest absolute Gasteiger partial charge is 0.471 e. The molecule has 0 saturated carbocycles. The minimum atomic E-state index is -4.67. The van der Waals surface area contributed by atoms with Crippen molar-refractivity contribution in [2.75, 3.05) is 25.0 Å². The molecule has 0 saturated heterocycles. The van der Waals surface area contributed by atoms with E-state index in [-0.39, 0.29) is 0 Å². The molecular weight excluding hydrogens is 380 g/mol. The molecule has 0 amide bonds. The lowest BCUT2D eigenvalue weighted by molar-refractivity contribution is -0.359. The van der Waals surface area contributed by atoms with Gasteiger partial charge in [-0.25, -0.2) is 0 Å². The van der Waals surface area contributed by atoms with Crippen LogP contribution in [0.4, 0.5) is 0 Å². The number of hydrogen-bond donors (Lipinski definition) is 0. The molecule has 0 bridgehead atoms. The van der Waals surface area contributed by atoms with Crippen LogP contribution < -0.4 is 0 Å². The Balaban J connectivity index is 6.18. The second-order valence-corrected chi connectivity index (χ2v) is 9.95. The molecule has 0 rings (SSSR count). The summed E-state index contributed by atoms with van der Waals surface area (Å²) < 4.78 is 104. The second-order valence-electron chi connectivity index (χ2n) is 3.65. The molecule has 128 valence electrons. The van der Waals surface area contributed by atoms with Crippen molar-refractivity contribution >= 4 is 40.5 Å². The molecule has 0 N–H and O–H groups in total. The summed E-state index contributed by atoms with van der Waals surface area (Å²) in [5.41, 5.74) is 0. The molecular formula is C5H12O12S4. The predicted molar refractivity (Wildman–Crippen MR) is 66.4 cm³/mol. The molecule has 0 aromatic heterocycles. The van der Waals surface area contributed by atoms with Gasteiger partial charge in [0.05, 0.1) is 25.0 Å². The molecule has 0 aliphatic heterocycles. The summed E-state index contributed by atoms with van der Waals surface area (Å²) in [4.78, 5) is 0. The van der Waals surface area contributed by atoms with Crippen LogP contribution in [0.1, 0.15) is 0 Å². The fraction of sp³-hybridized carbons (Fsp3) is 1.00. The normalized spacial score (nSPS) is 15.0. The second kappa shape index (κ2) is 6.03. The van der Waals surface area contributed by atoms with Crippen molar-refractivity contribution in [3.8, 4) is 0 Å². The van der Waals surface area contributed by atoms with Gasteiger partial charge in [0.15, 0.2) is 0 Å². The number of rotatable bonds is 8. The third-order valence-corrected chi connectivity index (χ3v) is 3.04. The molecule has 0 spiro atoms. The highest BCUT2D eigenvalue weighted by Crippen LogP contribution is 2.26. The van der Waals surface area contributed by atoms with E-state index in [2.05, 4.69) is 16.7 Å². The first-order valence-corrected chi connectivity index (χ1v) is 11.7. The van der Waals surface area contributed by atoms with Crippen LogP contribution >= 0.6 is 0 Å². The van der Waals surface area contributed by atoms with Gasteiger partial charge in [-0.3, -0.25) is 0 Å². The summed E-state index contributed by atoms with van der Waals surface area (Å²) in [6, 6.07) is 0. The van der Waals surface area contributed by atoms with E-state index in [0.717, 1.165) is 0 Å². The Bertz CT molecular complexity index is 640. The van der Waals surface area contributed by atoms with Crippen molar-refractivity contribution in [1.29, 1.82) is 0 Å². The van der Waals surface area contributed by atoms with E-state index in [1.165, 1.54) is 0 Å². The van der Waals surface area contributed by atoms with Crippen molar-refractivity contribution in [2.24, 2.45) is 0 Å². The highest BCUT2D eigenvalue weighted by molar-refractivity contribution is 7.88. The molecule has 0 aromatic rings. The summed E-state index contributed by atoms with van der Waals surface area (Å²) >= 11 is 0. The lowest BCUT2D eigenvalue weighted by atomic mass is 11.2. The lowest BCUT2D eigenvalue weighted by Gasteiger charge is -2.26. The van der Waals surface area contributed by atoms with Crippen molar-refractivity contribution in [3.63, 3.8) is 0 Å². The molecule has 0 heterocycles. The number of hydrogen-bond acceptors (Lipinski definition) is 12. The zero-order chi connectivity index (χ0) is 17.3. The lowest BCUT2D eigenvalue weighted by Crippen LogP contribution is -2.47. The van der Waals surface area contributed by atoms with Crippen LogP contribution in [-0.4, -0.2) is 64.9 Å². The van der Waals surface area contributed by atoms with Crippen LogP contribution in [0.2, 0.25) is 0 Å². The van der Waals surface area contributed by atoms with Crippen LogP contribution in [-0.2, 0) is 57.2 Å². The summed E-state index contributed by atoms with van der Waals surface area (Å²) in [6.07, 6.45) is -2.56. The summed E-state index contributed by atoms with van der Waals surface area (Å²) in [5.74, 6) is 0. The maximum Gasteiger partial charge on any atom is 0.471 e. The zero-order valence-electron chi connectivity index (χ0n) is 11.0. The Labute approximate surface area is 122 Å². The predicted octanol–water partition coefficient (Wildman–Crippen LogP) is -2.50. The monoisotopic (exact) mass is 392 g/mol. The smallest absolute Gasteiger partial charge is 0.199 e. The first kappa shape index (κ1) is 20.6. The van der Waals surface area contributed by atoms with Gasteiger partial charge in [0.2, 0.25) is 0 Å². The van der Waals surface area contributed by atoms with E-state index in [4.69, 9.17) is 0 Å². The van der Waals surface area contributed by atoms with Crippen molar-refractivity contribution in [2.45, 2.75) is 6.16 Å². The van der Waals surface area contributed by atoms with Gasteiger partial charge in [0.1, 0.15) is 0 Å². The highest BCUT2D eigenvalue weighted by atomic mass is 32.2. The zero-order valence-corrected chi connectivity index (χ0v) is 14.3. The van der Waals surface area contributed by atoms with Crippen LogP contribution in [0.25, 0.3) is 0 Å². The third kappa shape index (κ3) is 10.9. The van der Waals surface area contributed by atoms with E-state index in [0.29, 0.717) is 25.0 Å². The molecule has 0 fully saturated rings. The van der Waals surface area contributed by atoms with Gasteiger partial charge in [-0.2, -0.15) is 50.4 Å². The highest BCUT2D eigenvalue weighted by Gasteiger charge is 2.50. The average molecular weight is 392 g/mol. The molecule has 0 aliphatic carbocycles. The molecule has 0 radical (unpaired) electrons. The van der Waals surface area contributed by atoms with E-state index in [1.807, 2.05) is 0 Å². The Kier molecular flexibility index (Phi) is 5.93. The molecule has 16 heteroatoms. The minimum Gasteiger partial charge on any atom is -0.199 e. The summed E-state index contributed by atoms with van der Waals surface area (Å²) in [7, 11) is -18.7. The van der Waals surface area contributed by atoms with Gasteiger partial charge in [-0.15, -0.1) is 0 Å². The van der Waals surface area contributed by atoms with E-state index in [1.54, 1.807) is 0 Å². The van der Waals surface area contributed by atoms with E-state index < -0.39 is 46.6 Å². The Morgan fingerprint density at radius 3 is 0.714 bits per heavy atom. The summed E-state index contributed by atoms with van der Waals surface area (Å²) in [6.45, 7) is 0. The van der Waals surface area contributed by atoms with Crippen LogP contribution in [0, 0.1) is 0 Å². The molecule has 21 heavy (non-hydrogen) atoms. The van der Waals surface area contributed by atoms with Crippen LogP contribution in [0.5, 0.6) is 0 Å². The van der Waals surface area contributed by atoms with Crippen LogP contribution in [0.15, 0.2) is 0 Å². The Morgan fingerprint density at radius 1 is 0.476 bits per heavy atom. The van der Waals surface area contributed by atoms with Gasteiger partial charge in [-0.1, -0.05) is 0 Å². The van der Waals surface area contributed by atoms with Crippen molar-refractivity contribution < 1.29 is 50.4 Å².